The van der Waals surface area contributed by atoms with Crippen LogP contribution >= 0.6 is 23.2 Å². The number of esters is 1. The third kappa shape index (κ3) is 8.92. The van der Waals surface area contributed by atoms with Crippen molar-refractivity contribution in [1.29, 1.82) is 0 Å². The van der Waals surface area contributed by atoms with Crippen molar-refractivity contribution in [3.63, 3.8) is 0 Å². The highest BCUT2D eigenvalue weighted by Crippen LogP contribution is 2.74. The summed E-state index contributed by atoms with van der Waals surface area (Å²) in [5.41, 5.74) is 1.45. The van der Waals surface area contributed by atoms with Gasteiger partial charge in [0.05, 0.1) is 23.2 Å². The van der Waals surface area contributed by atoms with Crippen LogP contribution in [0.15, 0.2) is 45.5 Å². The smallest absolute Gasteiger partial charge is 0.312 e. The number of hydrogen-bond acceptors (Lipinski definition) is 4. The number of carbonyl (C=O) groups is 3. The second-order valence-electron chi connectivity index (χ2n) is 16.4. The zero-order valence-corrected chi connectivity index (χ0v) is 34.1. The third-order valence-electron chi connectivity index (χ3n) is 11.8. The molecular weight excluding hydrogens is 671 g/mol. The largest absolute Gasteiger partial charge is 0.481 e. The highest BCUT2D eigenvalue weighted by atomic mass is 35.5. The van der Waals surface area contributed by atoms with Crippen LogP contribution in [-0.2, 0) is 19.1 Å². The second-order valence-corrected chi connectivity index (χ2v) is 17.4. The monoisotopic (exact) mass is 730 g/mol. The summed E-state index contributed by atoms with van der Waals surface area (Å²) in [4.78, 5) is 34.9. The van der Waals surface area contributed by atoms with Crippen LogP contribution in [-0.4, -0.2) is 34.2 Å². The van der Waals surface area contributed by atoms with Gasteiger partial charge in [-0.15, -0.1) is 12.8 Å². The Hall–Kier alpha value is -2.93. The Morgan fingerprint density at radius 1 is 0.800 bits per heavy atom. The van der Waals surface area contributed by atoms with E-state index in [1.807, 2.05) is 81.4 Å². The van der Waals surface area contributed by atoms with Gasteiger partial charge in [0.1, 0.15) is 4.49 Å². The first-order chi connectivity index (χ1) is 22.7. The predicted molar refractivity (Wildman–Crippen MR) is 205 cm³/mol. The van der Waals surface area contributed by atoms with E-state index < -0.39 is 34.8 Å². The van der Waals surface area contributed by atoms with Crippen LogP contribution in [0.3, 0.4) is 0 Å². The van der Waals surface area contributed by atoms with Gasteiger partial charge in [-0.1, -0.05) is 134 Å². The van der Waals surface area contributed by atoms with Gasteiger partial charge in [0, 0.05) is 5.92 Å². The zero-order chi connectivity index (χ0) is 39.4. The molecule has 6 unspecified atom stereocenters. The van der Waals surface area contributed by atoms with E-state index in [9.17, 15) is 19.5 Å². The molecule has 0 aromatic heterocycles. The first kappa shape index (κ1) is 45.1. The summed E-state index contributed by atoms with van der Waals surface area (Å²) in [6.07, 6.45) is 19.9. The van der Waals surface area contributed by atoms with E-state index in [-0.39, 0.29) is 50.4 Å². The molecule has 0 amide bonds. The van der Waals surface area contributed by atoms with E-state index >= 15 is 0 Å². The molecule has 8 heteroatoms. The predicted octanol–water partition coefficient (Wildman–Crippen LogP) is 10.5. The molecule has 6 atom stereocenters. The van der Waals surface area contributed by atoms with Crippen molar-refractivity contribution in [2.45, 2.75) is 116 Å². The first-order valence-electron chi connectivity index (χ1n) is 17.3. The van der Waals surface area contributed by atoms with Gasteiger partial charge in [-0.05, 0) is 79.8 Å². The maximum absolute atomic E-state index is 12.2. The van der Waals surface area contributed by atoms with Crippen molar-refractivity contribution in [3.8, 4) is 24.7 Å². The lowest BCUT2D eigenvalue weighted by Crippen LogP contribution is -2.31. The number of aliphatic carboxylic acids is 2. The summed E-state index contributed by atoms with van der Waals surface area (Å²) >= 11 is 11.5. The Kier molecular flexibility index (Phi) is 15.0. The summed E-state index contributed by atoms with van der Waals surface area (Å²) in [6.45, 7) is 28.0. The van der Waals surface area contributed by atoms with Crippen molar-refractivity contribution < 1.29 is 29.3 Å². The summed E-state index contributed by atoms with van der Waals surface area (Å²) in [6, 6.07) is 0. The van der Waals surface area contributed by atoms with E-state index in [1.165, 1.54) is 5.57 Å². The normalized spacial score (nSPS) is 27.4. The van der Waals surface area contributed by atoms with E-state index in [2.05, 4.69) is 45.6 Å². The quantitative estimate of drug-likeness (QED) is 0.125. The average molecular weight is 732 g/mol. The minimum absolute atomic E-state index is 0.00833. The zero-order valence-electron chi connectivity index (χ0n) is 32.6. The number of carboxylic acid groups (broad SMARTS) is 2. The van der Waals surface area contributed by atoms with E-state index in [0.717, 1.165) is 24.0 Å². The molecule has 0 bridgehead atoms. The van der Waals surface area contributed by atoms with E-state index in [0.29, 0.717) is 0 Å². The number of halogens is 2. The molecule has 0 heterocycles. The Balaban J connectivity index is 0.000000386. The fraction of sp³-hybridized carbons (Fsp3) is 0.643. The van der Waals surface area contributed by atoms with Crippen LogP contribution in [0.25, 0.3) is 0 Å². The summed E-state index contributed by atoms with van der Waals surface area (Å²) in [5.74, 6) is 2.73. The van der Waals surface area contributed by atoms with Crippen molar-refractivity contribution in [1.82, 2.24) is 0 Å². The van der Waals surface area contributed by atoms with Crippen molar-refractivity contribution in [2.24, 2.45) is 56.7 Å². The molecule has 3 saturated carbocycles. The Morgan fingerprint density at radius 3 is 1.60 bits per heavy atom. The number of allylic oxidation sites excluding steroid dienone is 6. The molecule has 3 aliphatic rings. The SMILES string of the molecule is C#CC(C(C)=CCC)C1(C(=O)O)C(C=C(Cl)Cl)C1(C)C.C#CC(OC(=O)C1C(C)(C)C1(C)C)C(C)=CCC.CC(C)=CC1C(C(=O)O)C1(C)C. The molecule has 50 heavy (non-hydrogen) atoms. The minimum atomic E-state index is -1.05. The van der Waals surface area contributed by atoms with Gasteiger partial charge >= 0.3 is 17.9 Å². The Morgan fingerprint density at radius 2 is 1.28 bits per heavy atom. The molecule has 0 aromatic rings. The maximum atomic E-state index is 12.2. The Bertz CT molecular complexity index is 1490. The van der Waals surface area contributed by atoms with E-state index in [4.69, 9.17) is 45.9 Å². The Labute approximate surface area is 312 Å². The fourth-order valence-corrected chi connectivity index (χ4v) is 8.18. The van der Waals surface area contributed by atoms with Gasteiger partial charge in [0.2, 0.25) is 0 Å². The van der Waals surface area contributed by atoms with Crippen LogP contribution < -0.4 is 0 Å². The van der Waals surface area contributed by atoms with Gasteiger partial charge in [0.25, 0.3) is 0 Å². The minimum Gasteiger partial charge on any atom is -0.481 e. The average Bonchev–Trinajstić information content (AvgIpc) is 3.79. The van der Waals surface area contributed by atoms with Crippen molar-refractivity contribution >= 4 is 41.1 Å². The summed E-state index contributed by atoms with van der Waals surface area (Å²) in [5, 5.41) is 18.6. The molecule has 6 nitrogen and oxygen atoms in total. The van der Waals surface area contributed by atoms with Gasteiger partial charge in [-0.3, -0.25) is 14.4 Å². The molecule has 0 aliphatic heterocycles. The maximum Gasteiger partial charge on any atom is 0.312 e. The number of carboxylic acids is 2. The van der Waals surface area contributed by atoms with Crippen LogP contribution in [0.2, 0.25) is 0 Å². The topological polar surface area (TPSA) is 101 Å². The molecule has 0 saturated heterocycles. The van der Waals surface area contributed by atoms with Crippen molar-refractivity contribution in [3.05, 3.63) is 45.5 Å². The van der Waals surface area contributed by atoms with Gasteiger partial charge in [-0.25, -0.2) is 0 Å². The molecular formula is C42H60Cl2O6. The van der Waals surface area contributed by atoms with E-state index in [1.54, 1.807) is 6.08 Å². The lowest BCUT2D eigenvalue weighted by molar-refractivity contribution is -0.148. The lowest BCUT2D eigenvalue weighted by Gasteiger charge is -2.23. The van der Waals surface area contributed by atoms with Crippen LogP contribution in [0.5, 0.6) is 0 Å². The standard InChI is InChI=1S/C16H20Cl2O2.C16H24O2.C10H16O2/c1-6-8-10(3)11(7-2)16(14(19)20)12(9-13(17)18)15(16,4)5;1-8-10-11(3)12(9-2)18-14(17)13-15(4,5)16(13,6)7;1-6(2)5-7-8(9(11)12)10(7,3)4/h2,8-9,11-12H,6H2,1,3-5H3,(H,19,20);2,10,12-13H,8H2,1,3-7H3;5,7-8H,1-4H3,(H,11,12). The van der Waals surface area contributed by atoms with Crippen LogP contribution in [0.4, 0.5) is 0 Å². The molecule has 2 N–H and O–H groups in total. The summed E-state index contributed by atoms with van der Waals surface area (Å²) in [7, 11) is 0. The van der Waals surface area contributed by atoms with Crippen molar-refractivity contribution in [2.75, 3.05) is 0 Å². The fourth-order valence-electron chi connectivity index (χ4n) is 7.93. The van der Waals surface area contributed by atoms with Crippen LogP contribution in [0, 0.1) is 81.4 Å². The number of carbonyl (C=O) groups excluding carboxylic acids is 1. The lowest BCUT2D eigenvalue weighted by atomic mass is 9.78. The second kappa shape index (κ2) is 16.6. The molecule has 3 rings (SSSR count). The molecule has 0 spiro atoms. The number of rotatable bonds is 11. The number of terminal acetylenes is 2. The summed E-state index contributed by atoms with van der Waals surface area (Å²) < 4.78 is 5.55. The highest BCUT2D eigenvalue weighted by molar-refractivity contribution is 6.55. The van der Waals surface area contributed by atoms with Gasteiger partial charge in [0.15, 0.2) is 6.10 Å². The third-order valence-corrected chi connectivity index (χ3v) is 12.0. The molecule has 3 aliphatic carbocycles. The molecule has 0 aromatic carbocycles. The van der Waals surface area contributed by atoms with Crippen LogP contribution in [0.1, 0.15) is 110 Å². The number of hydrogen-bond donors (Lipinski definition) is 2. The molecule has 278 valence electrons. The first-order valence-corrected chi connectivity index (χ1v) is 18.1. The molecule has 3 fully saturated rings. The molecule has 0 radical (unpaired) electrons. The highest BCUT2D eigenvalue weighted by Gasteiger charge is 2.78. The van der Waals surface area contributed by atoms with Gasteiger partial charge < -0.3 is 14.9 Å². The van der Waals surface area contributed by atoms with Gasteiger partial charge in [-0.2, -0.15) is 0 Å². The number of ether oxygens (including phenoxy) is 1.